The van der Waals surface area contributed by atoms with Gasteiger partial charge in [0.25, 0.3) is 0 Å². The van der Waals surface area contributed by atoms with E-state index in [1.165, 1.54) is 11.1 Å². The number of benzene rings is 1. The van der Waals surface area contributed by atoms with Gasteiger partial charge in [-0.05, 0) is 24.0 Å². The number of hydrogen-bond acceptors (Lipinski definition) is 3. The second-order valence-corrected chi connectivity index (χ2v) is 3.56. The summed E-state index contributed by atoms with van der Waals surface area (Å²) in [4.78, 5) is 11.1. The number of rotatable bonds is 2. The van der Waals surface area contributed by atoms with Crippen molar-refractivity contribution in [2.75, 3.05) is 13.7 Å². The SMILES string of the molecule is CO.NCC(=O)NC1CCc2ccccc21. The van der Waals surface area contributed by atoms with E-state index in [4.69, 9.17) is 10.8 Å². The molecule has 1 aliphatic rings. The van der Waals surface area contributed by atoms with Gasteiger partial charge in [-0.25, -0.2) is 0 Å². The number of carbonyl (C=O) groups excluding carboxylic acids is 1. The molecule has 0 bridgehead atoms. The predicted octanol–water partition coefficient (Wildman–Crippen LogP) is 0.357. The summed E-state index contributed by atoms with van der Waals surface area (Å²) in [5.74, 6) is -0.0771. The van der Waals surface area contributed by atoms with Crippen molar-refractivity contribution in [1.29, 1.82) is 0 Å². The smallest absolute Gasteiger partial charge is 0.234 e. The molecule has 4 N–H and O–H groups in total. The summed E-state index contributed by atoms with van der Waals surface area (Å²) in [5, 5.41) is 9.92. The van der Waals surface area contributed by atoms with Gasteiger partial charge in [0, 0.05) is 7.11 Å². The summed E-state index contributed by atoms with van der Waals surface area (Å²) < 4.78 is 0. The average molecular weight is 222 g/mol. The molecule has 0 aliphatic heterocycles. The summed E-state index contributed by atoms with van der Waals surface area (Å²) in [6.45, 7) is 0.0681. The van der Waals surface area contributed by atoms with Crippen LogP contribution < -0.4 is 11.1 Å². The van der Waals surface area contributed by atoms with Crippen LogP contribution in [0.5, 0.6) is 0 Å². The highest BCUT2D eigenvalue weighted by atomic mass is 16.2. The summed E-state index contributed by atoms with van der Waals surface area (Å²) in [6, 6.07) is 8.40. The monoisotopic (exact) mass is 222 g/mol. The van der Waals surface area contributed by atoms with Gasteiger partial charge in [-0.15, -0.1) is 0 Å². The molecule has 0 heterocycles. The third-order valence-electron chi connectivity index (χ3n) is 2.65. The molecule has 0 aromatic heterocycles. The van der Waals surface area contributed by atoms with E-state index in [0.717, 1.165) is 20.0 Å². The van der Waals surface area contributed by atoms with Crippen LogP contribution in [0.3, 0.4) is 0 Å². The second-order valence-electron chi connectivity index (χ2n) is 3.56. The molecule has 0 saturated carbocycles. The lowest BCUT2D eigenvalue weighted by molar-refractivity contribution is -0.120. The Hall–Kier alpha value is -1.39. The maximum absolute atomic E-state index is 11.1. The van der Waals surface area contributed by atoms with E-state index in [0.29, 0.717) is 0 Å². The van der Waals surface area contributed by atoms with Crippen molar-refractivity contribution in [3.8, 4) is 0 Å². The summed E-state index contributed by atoms with van der Waals surface area (Å²) in [6.07, 6.45) is 2.04. The van der Waals surface area contributed by atoms with E-state index in [1.54, 1.807) is 0 Å². The molecule has 1 aromatic carbocycles. The fourth-order valence-electron chi connectivity index (χ4n) is 1.96. The predicted molar refractivity (Wildman–Crippen MR) is 62.8 cm³/mol. The van der Waals surface area contributed by atoms with E-state index in [2.05, 4.69) is 17.4 Å². The highest BCUT2D eigenvalue weighted by Crippen LogP contribution is 2.30. The maximum atomic E-state index is 11.1. The molecule has 1 unspecified atom stereocenters. The zero-order chi connectivity index (χ0) is 12.0. The van der Waals surface area contributed by atoms with E-state index < -0.39 is 0 Å². The van der Waals surface area contributed by atoms with Crippen molar-refractivity contribution in [2.45, 2.75) is 18.9 Å². The molecular weight excluding hydrogens is 204 g/mol. The number of aliphatic hydroxyl groups excluding tert-OH is 1. The van der Waals surface area contributed by atoms with Crippen LogP contribution in [-0.4, -0.2) is 24.7 Å². The number of nitrogens with one attached hydrogen (secondary N) is 1. The Labute approximate surface area is 95.5 Å². The molecule has 1 amide bonds. The Kier molecular flexibility index (Phi) is 4.95. The Morgan fingerprint density at radius 1 is 1.50 bits per heavy atom. The van der Waals surface area contributed by atoms with Crippen molar-refractivity contribution in [3.63, 3.8) is 0 Å². The van der Waals surface area contributed by atoms with Crippen molar-refractivity contribution in [3.05, 3.63) is 35.4 Å². The zero-order valence-corrected chi connectivity index (χ0v) is 9.44. The van der Waals surface area contributed by atoms with Gasteiger partial charge in [0.15, 0.2) is 0 Å². The highest BCUT2D eigenvalue weighted by molar-refractivity contribution is 5.78. The van der Waals surface area contributed by atoms with E-state index in [9.17, 15) is 4.79 Å². The van der Waals surface area contributed by atoms with Crippen LogP contribution in [0.15, 0.2) is 24.3 Å². The molecule has 4 nitrogen and oxygen atoms in total. The number of fused-ring (bicyclic) bond motifs is 1. The van der Waals surface area contributed by atoms with Gasteiger partial charge in [0.2, 0.25) is 5.91 Å². The van der Waals surface area contributed by atoms with Gasteiger partial charge in [0.05, 0.1) is 12.6 Å². The lowest BCUT2D eigenvalue weighted by Crippen LogP contribution is -2.32. The van der Waals surface area contributed by atoms with Crippen molar-refractivity contribution in [1.82, 2.24) is 5.32 Å². The van der Waals surface area contributed by atoms with Gasteiger partial charge in [-0.2, -0.15) is 0 Å². The number of amides is 1. The molecule has 0 radical (unpaired) electrons. The fraction of sp³-hybridized carbons (Fsp3) is 0.417. The number of aryl methyl sites for hydroxylation is 1. The van der Waals surface area contributed by atoms with Crippen molar-refractivity contribution in [2.24, 2.45) is 5.73 Å². The molecule has 16 heavy (non-hydrogen) atoms. The first-order valence-electron chi connectivity index (χ1n) is 5.33. The van der Waals surface area contributed by atoms with Crippen LogP contribution in [0.2, 0.25) is 0 Å². The van der Waals surface area contributed by atoms with Gasteiger partial charge in [-0.1, -0.05) is 24.3 Å². The van der Waals surface area contributed by atoms with E-state index >= 15 is 0 Å². The van der Waals surface area contributed by atoms with E-state index in [1.807, 2.05) is 12.1 Å². The Bertz CT molecular complexity index is 353. The molecule has 2 rings (SSSR count). The first kappa shape index (κ1) is 12.7. The Balaban J connectivity index is 0.000000606. The molecule has 0 fully saturated rings. The molecule has 4 heteroatoms. The molecule has 88 valence electrons. The first-order valence-corrected chi connectivity index (χ1v) is 5.33. The standard InChI is InChI=1S/C11H14N2O.CH4O/c12-7-11(14)13-10-6-5-8-3-1-2-4-9(8)10;1-2/h1-4,10H,5-7,12H2,(H,13,14);2H,1H3. The van der Waals surface area contributed by atoms with Crippen LogP contribution >= 0.6 is 0 Å². The lowest BCUT2D eigenvalue weighted by atomic mass is 10.1. The molecule has 0 saturated heterocycles. The third-order valence-corrected chi connectivity index (χ3v) is 2.65. The van der Waals surface area contributed by atoms with E-state index in [-0.39, 0.29) is 18.5 Å². The minimum absolute atomic E-state index is 0.0681. The summed E-state index contributed by atoms with van der Waals surface area (Å²) in [7, 11) is 1.00. The lowest BCUT2D eigenvalue weighted by Gasteiger charge is -2.12. The molecule has 1 aliphatic carbocycles. The quantitative estimate of drug-likeness (QED) is 0.676. The van der Waals surface area contributed by atoms with Crippen LogP contribution in [-0.2, 0) is 11.2 Å². The number of aliphatic hydroxyl groups is 1. The topological polar surface area (TPSA) is 75.3 Å². The Morgan fingerprint density at radius 3 is 2.88 bits per heavy atom. The van der Waals surface area contributed by atoms with Crippen molar-refractivity contribution < 1.29 is 9.90 Å². The first-order chi connectivity index (χ1) is 7.81. The molecule has 1 aromatic rings. The van der Waals surface area contributed by atoms with Gasteiger partial charge >= 0.3 is 0 Å². The van der Waals surface area contributed by atoms with Gasteiger partial charge in [-0.3, -0.25) is 4.79 Å². The molecule has 1 atom stereocenters. The van der Waals surface area contributed by atoms with Gasteiger partial charge < -0.3 is 16.2 Å². The Morgan fingerprint density at radius 2 is 2.19 bits per heavy atom. The van der Waals surface area contributed by atoms with Crippen LogP contribution in [0.25, 0.3) is 0 Å². The van der Waals surface area contributed by atoms with Crippen LogP contribution in [0, 0.1) is 0 Å². The molecule has 0 spiro atoms. The highest BCUT2D eigenvalue weighted by Gasteiger charge is 2.22. The fourth-order valence-corrected chi connectivity index (χ4v) is 1.96. The number of nitrogens with two attached hydrogens (primary N) is 1. The minimum Gasteiger partial charge on any atom is -0.400 e. The zero-order valence-electron chi connectivity index (χ0n) is 9.44. The summed E-state index contributed by atoms with van der Waals surface area (Å²) >= 11 is 0. The minimum atomic E-state index is -0.0771. The van der Waals surface area contributed by atoms with Crippen LogP contribution in [0.4, 0.5) is 0 Å². The summed E-state index contributed by atoms with van der Waals surface area (Å²) in [5.41, 5.74) is 7.85. The average Bonchev–Trinajstić information content (AvgIpc) is 2.75. The normalized spacial score (nSPS) is 17.1. The van der Waals surface area contributed by atoms with Gasteiger partial charge in [0.1, 0.15) is 0 Å². The number of hydrogen-bond donors (Lipinski definition) is 3. The molecular formula is C12H18N2O2. The number of carbonyl (C=O) groups is 1. The van der Waals surface area contributed by atoms with Crippen molar-refractivity contribution >= 4 is 5.91 Å². The second kappa shape index (κ2) is 6.25. The largest absolute Gasteiger partial charge is 0.400 e. The van der Waals surface area contributed by atoms with Crippen LogP contribution in [0.1, 0.15) is 23.6 Å². The maximum Gasteiger partial charge on any atom is 0.234 e. The third kappa shape index (κ3) is 2.81.